The second kappa shape index (κ2) is 4.64. The molecule has 0 aliphatic rings. The summed E-state index contributed by atoms with van der Waals surface area (Å²) in [6, 6.07) is 7.62. The molecule has 0 atom stereocenters. The molecule has 0 fully saturated rings. The molecule has 0 aliphatic carbocycles. The van der Waals surface area contributed by atoms with E-state index < -0.39 is 5.91 Å². The first-order chi connectivity index (χ1) is 9.19. The van der Waals surface area contributed by atoms with Gasteiger partial charge in [-0.3, -0.25) is 4.79 Å². The number of rotatable bonds is 3. The van der Waals surface area contributed by atoms with Gasteiger partial charge in [-0.1, -0.05) is 0 Å². The summed E-state index contributed by atoms with van der Waals surface area (Å²) in [5, 5.41) is 2.06. The normalized spacial score (nSPS) is 10.8. The lowest BCUT2D eigenvalue weighted by Crippen LogP contribution is -2.13. The quantitative estimate of drug-likeness (QED) is 0.806. The number of carbonyl (C=O) groups excluding carboxylic acids is 1. The Bertz CT molecular complexity index is 732. The highest BCUT2D eigenvalue weighted by Gasteiger charge is 2.13. The molecule has 0 unspecified atom stereocenters. The predicted molar refractivity (Wildman–Crippen MR) is 78.0 cm³/mol. The van der Waals surface area contributed by atoms with Crippen molar-refractivity contribution in [3.8, 4) is 16.5 Å². The molecule has 0 saturated carbocycles. The minimum atomic E-state index is -0.539. The van der Waals surface area contributed by atoms with Crippen molar-refractivity contribution < 1.29 is 9.53 Å². The Morgan fingerprint density at radius 2 is 2.16 bits per heavy atom. The number of methoxy groups -OCH3 is 1. The van der Waals surface area contributed by atoms with Crippen LogP contribution in [-0.4, -0.2) is 18.0 Å². The highest BCUT2D eigenvalue weighted by atomic mass is 32.1. The van der Waals surface area contributed by atoms with Crippen LogP contribution in [0.15, 0.2) is 29.6 Å². The standard InChI is InChI=1S/C13H10N2O2S2/c1-17-13-7(12(14)16)2-3-8(15-13)10-6-11-9(19-10)4-5-18-11/h2-6H,1H3,(H2,14,16). The molecule has 0 bridgehead atoms. The molecular weight excluding hydrogens is 280 g/mol. The minimum absolute atomic E-state index is 0.266. The van der Waals surface area contributed by atoms with E-state index in [0.717, 1.165) is 10.6 Å². The van der Waals surface area contributed by atoms with Crippen molar-refractivity contribution in [2.45, 2.75) is 0 Å². The highest BCUT2D eigenvalue weighted by Crippen LogP contribution is 2.36. The van der Waals surface area contributed by atoms with Gasteiger partial charge in [-0.25, -0.2) is 4.98 Å². The third-order valence-corrected chi connectivity index (χ3v) is 4.83. The van der Waals surface area contributed by atoms with Crippen LogP contribution in [0.2, 0.25) is 0 Å². The lowest BCUT2D eigenvalue weighted by molar-refractivity contribution is 0.0996. The summed E-state index contributed by atoms with van der Waals surface area (Å²) >= 11 is 3.36. The van der Waals surface area contributed by atoms with Crippen molar-refractivity contribution >= 4 is 38.0 Å². The molecule has 6 heteroatoms. The molecular formula is C13H10N2O2S2. The van der Waals surface area contributed by atoms with Crippen LogP contribution < -0.4 is 10.5 Å². The maximum absolute atomic E-state index is 11.2. The molecule has 3 aromatic rings. The van der Waals surface area contributed by atoms with E-state index in [0.29, 0.717) is 5.56 Å². The van der Waals surface area contributed by atoms with Gasteiger partial charge in [0.2, 0.25) is 5.88 Å². The van der Waals surface area contributed by atoms with Crippen LogP contribution in [0.4, 0.5) is 0 Å². The van der Waals surface area contributed by atoms with Crippen LogP contribution >= 0.6 is 22.7 Å². The Balaban J connectivity index is 2.10. The molecule has 0 radical (unpaired) electrons. The van der Waals surface area contributed by atoms with Gasteiger partial charge < -0.3 is 10.5 Å². The Morgan fingerprint density at radius 3 is 2.84 bits per heavy atom. The van der Waals surface area contributed by atoms with Gasteiger partial charge in [0.15, 0.2) is 0 Å². The van der Waals surface area contributed by atoms with Crippen LogP contribution in [0.3, 0.4) is 0 Å². The first-order valence-corrected chi connectivity index (χ1v) is 7.21. The van der Waals surface area contributed by atoms with Crippen molar-refractivity contribution in [3.63, 3.8) is 0 Å². The number of primary amides is 1. The molecule has 3 heterocycles. The molecule has 19 heavy (non-hydrogen) atoms. The number of pyridine rings is 1. The van der Waals surface area contributed by atoms with Crippen molar-refractivity contribution in [1.82, 2.24) is 4.98 Å². The van der Waals surface area contributed by atoms with E-state index in [4.69, 9.17) is 10.5 Å². The molecule has 0 saturated heterocycles. The topological polar surface area (TPSA) is 65.2 Å². The minimum Gasteiger partial charge on any atom is -0.480 e. The number of hydrogen-bond donors (Lipinski definition) is 1. The van der Waals surface area contributed by atoms with Crippen LogP contribution in [0.25, 0.3) is 20.0 Å². The van der Waals surface area contributed by atoms with E-state index in [1.807, 2.05) is 0 Å². The predicted octanol–water partition coefficient (Wildman–Crippen LogP) is 3.13. The van der Waals surface area contributed by atoms with Crippen molar-refractivity contribution in [1.29, 1.82) is 0 Å². The zero-order valence-corrected chi connectivity index (χ0v) is 11.7. The monoisotopic (exact) mass is 290 g/mol. The Labute approximate surface area is 117 Å². The highest BCUT2D eigenvalue weighted by molar-refractivity contribution is 7.28. The van der Waals surface area contributed by atoms with Gasteiger partial charge in [0.25, 0.3) is 5.91 Å². The summed E-state index contributed by atoms with van der Waals surface area (Å²) in [6.07, 6.45) is 0. The van der Waals surface area contributed by atoms with Crippen LogP contribution in [0.5, 0.6) is 5.88 Å². The second-order valence-electron chi connectivity index (χ2n) is 3.88. The van der Waals surface area contributed by atoms with Gasteiger partial charge in [-0.2, -0.15) is 0 Å². The maximum atomic E-state index is 11.2. The fourth-order valence-electron chi connectivity index (χ4n) is 1.81. The molecule has 2 N–H and O–H groups in total. The molecule has 0 aliphatic heterocycles. The molecule has 96 valence electrons. The number of nitrogens with two attached hydrogens (primary N) is 1. The van der Waals surface area contributed by atoms with Crippen LogP contribution in [-0.2, 0) is 0 Å². The number of hydrogen-bond acceptors (Lipinski definition) is 5. The molecule has 1 amide bonds. The summed E-state index contributed by atoms with van der Waals surface area (Å²) in [7, 11) is 1.48. The second-order valence-corrected chi connectivity index (χ2v) is 5.91. The van der Waals surface area contributed by atoms with E-state index in [1.165, 1.54) is 16.5 Å². The smallest absolute Gasteiger partial charge is 0.254 e. The lowest BCUT2D eigenvalue weighted by Gasteiger charge is -2.05. The molecule has 3 rings (SSSR count). The van der Waals surface area contributed by atoms with Gasteiger partial charge in [-0.15, -0.1) is 22.7 Å². The molecule has 0 aromatic carbocycles. The summed E-state index contributed by atoms with van der Waals surface area (Å²) in [4.78, 5) is 16.6. The number of carbonyl (C=O) groups is 1. The average molecular weight is 290 g/mol. The van der Waals surface area contributed by atoms with Crippen molar-refractivity contribution in [3.05, 3.63) is 35.2 Å². The number of ether oxygens (including phenoxy) is 1. The zero-order valence-electron chi connectivity index (χ0n) is 10.0. The van der Waals surface area contributed by atoms with E-state index >= 15 is 0 Å². The van der Waals surface area contributed by atoms with E-state index in [-0.39, 0.29) is 5.88 Å². The molecule has 3 aromatic heterocycles. The number of nitrogens with zero attached hydrogens (tertiary/aromatic N) is 1. The molecule has 0 spiro atoms. The first kappa shape index (κ1) is 12.1. The van der Waals surface area contributed by atoms with Gasteiger partial charge in [-0.05, 0) is 29.6 Å². The van der Waals surface area contributed by atoms with Crippen LogP contribution in [0, 0.1) is 0 Å². The largest absolute Gasteiger partial charge is 0.480 e. The third kappa shape index (κ3) is 2.09. The Kier molecular flexibility index (Phi) is 2.96. The van der Waals surface area contributed by atoms with E-state index in [1.54, 1.807) is 34.8 Å². The molecule has 4 nitrogen and oxygen atoms in total. The summed E-state index contributed by atoms with van der Waals surface area (Å²) in [5.74, 6) is -0.273. The fraction of sp³-hybridized carbons (Fsp3) is 0.0769. The zero-order chi connectivity index (χ0) is 13.4. The van der Waals surface area contributed by atoms with E-state index in [9.17, 15) is 4.79 Å². The number of aromatic nitrogens is 1. The fourth-order valence-corrected chi connectivity index (χ4v) is 3.89. The van der Waals surface area contributed by atoms with Gasteiger partial charge >= 0.3 is 0 Å². The SMILES string of the molecule is COc1nc(-c2cc3sccc3s2)ccc1C(N)=O. The van der Waals surface area contributed by atoms with Crippen LogP contribution in [0.1, 0.15) is 10.4 Å². The van der Waals surface area contributed by atoms with Gasteiger partial charge in [0.1, 0.15) is 5.56 Å². The number of thiophene rings is 2. The third-order valence-electron chi connectivity index (χ3n) is 2.71. The first-order valence-electron chi connectivity index (χ1n) is 5.51. The Hall–Kier alpha value is -1.92. The average Bonchev–Trinajstić information content (AvgIpc) is 2.98. The number of fused-ring (bicyclic) bond motifs is 1. The summed E-state index contributed by atoms with van der Waals surface area (Å²) in [5.41, 5.74) is 6.35. The number of amides is 1. The lowest BCUT2D eigenvalue weighted by atomic mass is 10.2. The Morgan fingerprint density at radius 1 is 1.32 bits per heavy atom. The van der Waals surface area contributed by atoms with Crippen molar-refractivity contribution in [2.75, 3.05) is 7.11 Å². The van der Waals surface area contributed by atoms with Gasteiger partial charge in [0.05, 0.1) is 17.7 Å². The van der Waals surface area contributed by atoms with Crippen molar-refractivity contribution in [2.24, 2.45) is 5.73 Å². The van der Waals surface area contributed by atoms with Gasteiger partial charge in [0, 0.05) is 9.40 Å². The summed E-state index contributed by atoms with van der Waals surface area (Å²) in [6.45, 7) is 0. The maximum Gasteiger partial charge on any atom is 0.254 e. The summed E-state index contributed by atoms with van der Waals surface area (Å²) < 4.78 is 7.59. The van der Waals surface area contributed by atoms with E-state index in [2.05, 4.69) is 22.5 Å².